The first-order chi connectivity index (χ1) is 4.24. The number of hydrogen-bond acceptors (Lipinski definition) is 3. The van der Waals surface area contributed by atoms with Gasteiger partial charge in [-0.15, -0.1) is 4.91 Å². The Labute approximate surface area is 54.1 Å². The molecule has 0 amide bonds. The van der Waals surface area contributed by atoms with Gasteiger partial charge >= 0.3 is 0 Å². The fraction of sp³-hybridized carbons (Fsp3) is 1.00. The minimum atomic E-state index is 0.248. The maximum Gasteiger partial charge on any atom is 0.0686 e. The molecule has 0 saturated carbocycles. The first kappa shape index (κ1) is 6.48. The molecule has 1 heterocycles. The quantitative estimate of drug-likeness (QED) is 0.529. The van der Waals surface area contributed by atoms with E-state index in [1.54, 1.807) is 0 Å². The van der Waals surface area contributed by atoms with Gasteiger partial charge in [0, 0.05) is 6.04 Å². The number of hydrazine groups is 1. The molecule has 52 valence electrons. The van der Waals surface area contributed by atoms with Crippen LogP contribution in [0.3, 0.4) is 0 Å². The maximum absolute atomic E-state index is 9.98. The number of hydrogen-bond donors (Lipinski definition) is 1. The van der Waals surface area contributed by atoms with E-state index in [9.17, 15) is 4.91 Å². The van der Waals surface area contributed by atoms with Gasteiger partial charge in [0.25, 0.3) is 0 Å². The van der Waals surface area contributed by atoms with Crippen molar-refractivity contribution in [2.75, 3.05) is 0 Å². The molecule has 1 N–H and O–H groups in total. The third-order valence-corrected chi connectivity index (χ3v) is 1.55. The van der Waals surface area contributed by atoms with Crippen molar-refractivity contribution in [2.24, 2.45) is 5.29 Å². The van der Waals surface area contributed by atoms with Crippen LogP contribution in [0, 0.1) is 4.91 Å². The van der Waals surface area contributed by atoms with Crippen LogP contribution in [0.2, 0.25) is 0 Å². The second kappa shape index (κ2) is 2.31. The molecule has 4 heteroatoms. The van der Waals surface area contributed by atoms with E-state index in [1.807, 2.05) is 13.8 Å². The lowest BCUT2D eigenvalue weighted by Crippen LogP contribution is -2.32. The third-order valence-electron chi connectivity index (χ3n) is 1.55. The van der Waals surface area contributed by atoms with Gasteiger partial charge in [0.1, 0.15) is 0 Å². The summed E-state index contributed by atoms with van der Waals surface area (Å²) in [6.07, 6.45) is 0.992. The largest absolute Gasteiger partial charge is 0.212 e. The van der Waals surface area contributed by atoms with E-state index in [0.717, 1.165) is 6.42 Å². The van der Waals surface area contributed by atoms with Gasteiger partial charge in [-0.05, 0) is 20.3 Å². The monoisotopic (exact) mass is 129 g/mol. The molecule has 1 aliphatic rings. The molecular weight excluding hydrogens is 118 g/mol. The first-order valence-electron chi connectivity index (χ1n) is 3.12. The predicted molar refractivity (Wildman–Crippen MR) is 34.3 cm³/mol. The smallest absolute Gasteiger partial charge is 0.0686 e. The topological polar surface area (TPSA) is 44.7 Å². The minimum absolute atomic E-state index is 0.248. The summed E-state index contributed by atoms with van der Waals surface area (Å²) in [4.78, 5) is 9.98. The van der Waals surface area contributed by atoms with Crippen LogP contribution in [0.5, 0.6) is 0 Å². The van der Waals surface area contributed by atoms with E-state index in [1.165, 1.54) is 5.12 Å². The zero-order chi connectivity index (χ0) is 6.85. The average molecular weight is 129 g/mol. The lowest BCUT2D eigenvalue weighted by atomic mass is 10.2. The van der Waals surface area contributed by atoms with Gasteiger partial charge in [0.15, 0.2) is 0 Å². The fourth-order valence-electron chi connectivity index (χ4n) is 1.12. The second-order valence-electron chi connectivity index (χ2n) is 2.54. The molecule has 1 fully saturated rings. The summed E-state index contributed by atoms with van der Waals surface area (Å²) in [6.45, 7) is 4.00. The van der Waals surface area contributed by atoms with Crippen molar-refractivity contribution in [2.45, 2.75) is 32.4 Å². The Hall–Kier alpha value is -0.640. The number of nitrogens with zero attached hydrogens (tertiary/aromatic N) is 2. The SMILES string of the molecule is CC1CC(C)N(N=O)N1. The van der Waals surface area contributed by atoms with E-state index in [-0.39, 0.29) is 6.04 Å². The number of nitrogens with one attached hydrogen (secondary N) is 1. The van der Waals surface area contributed by atoms with Gasteiger partial charge in [-0.3, -0.25) is 0 Å². The predicted octanol–water partition coefficient (Wildman–Crippen LogP) is 0.655. The molecule has 1 saturated heterocycles. The van der Waals surface area contributed by atoms with Crippen molar-refractivity contribution in [1.82, 2.24) is 10.5 Å². The van der Waals surface area contributed by atoms with Crippen molar-refractivity contribution in [1.29, 1.82) is 0 Å². The van der Waals surface area contributed by atoms with Crippen molar-refractivity contribution in [3.63, 3.8) is 0 Å². The zero-order valence-electron chi connectivity index (χ0n) is 5.66. The molecule has 1 aliphatic heterocycles. The van der Waals surface area contributed by atoms with Gasteiger partial charge in [0.2, 0.25) is 0 Å². The molecule has 0 aromatic heterocycles. The zero-order valence-corrected chi connectivity index (χ0v) is 5.66. The van der Waals surface area contributed by atoms with Gasteiger partial charge in [-0.25, -0.2) is 5.43 Å². The van der Waals surface area contributed by atoms with E-state index < -0.39 is 0 Å². The summed E-state index contributed by atoms with van der Waals surface area (Å²) >= 11 is 0. The Kier molecular flexibility index (Phi) is 1.66. The highest BCUT2D eigenvalue weighted by Crippen LogP contribution is 2.12. The Morgan fingerprint density at radius 3 is 2.56 bits per heavy atom. The van der Waals surface area contributed by atoms with Crippen LogP contribution < -0.4 is 5.43 Å². The van der Waals surface area contributed by atoms with Crippen LogP contribution in [0.25, 0.3) is 0 Å². The first-order valence-corrected chi connectivity index (χ1v) is 3.12. The fourth-order valence-corrected chi connectivity index (χ4v) is 1.12. The van der Waals surface area contributed by atoms with Gasteiger partial charge in [-0.1, -0.05) is 0 Å². The number of rotatable bonds is 1. The lowest BCUT2D eigenvalue weighted by Gasteiger charge is -2.10. The summed E-state index contributed by atoms with van der Waals surface area (Å²) in [5, 5.41) is 4.16. The Morgan fingerprint density at radius 2 is 2.33 bits per heavy atom. The van der Waals surface area contributed by atoms with Crippen LogP contribution in [0.4, 0.5) is 0 Å². The van der Waals surface area contributed by atoms with Crippen LogP contribution in [0.15, 0.2) is 5.29 Å². The van der Waals surface area contributed by atoms with Crippen molar-refractivity contribution in [3.8, 4) is 0 Å². The summed E-state index contributed by atoms with van der Waals surface area (Å²) in [5.74, 6) is 0. The standard InChI is InChI=1S/C5H11N3O/c1-4-3-5(2)8(6-4)7-9/h4-6H,3H2,1-2H3. The van der Waals surface area contributed by atoms with Crippen LogP contribution in [-0.2, 0) is 0 Å². The van der Waals surface area contributed by atoms with E-state index in [2.05, 4.69) is 10.7 Å². The molecule has 2 atom stereocenters. The summed E-state index contributed by atoms with van der Waals surface area (Å²) in [5.41, 5.74) is 2.91. The third kappa shape index (κ3) is 1.18. The van der Waals surface area contributed by atoms with Gasteiger partial charge in [0.05, 0.1) is 11.3 Å². The molecule has 1 rings (SSSR count). The van der Waals surface area contributed by atoms with E-state index in [0.29, 0.717) is 6.04 Å². The normalized spacial score (nSPS) is 35.1. The Bertz CT molecular complexity index is 117. The maximum atomic E-state index is 9.98. The van der Waals surface area contributed by atoms with Gasteiger partial charge in [-0.2, -0.15) is 5.12 Å². The highest BCUT2D eigenvalue weighted by Gasteiger charge is 2.24. The average Bonchev–Trinajstić information content (AvgIpc) is 2.10. The summed E-state index contributed by atoms with van der Waals surface area (Å²) in [7, 11) is 0. The second-order valence-corrected chi connectivity index (χ2v) is 2.54. The van der Waals surface area contributed by atoms with Crippen molar-refractivity contribution in [3.05, 3.63) is 4.91 Å². The Balaban J connectivity index is 2.47. The summed E-state index contributed by atoms with van der Waals surface area (Å²) < 4.78 is 0. The van der Waals surface area contributed by atoms with Crippen molar-refractivity contribution < 1.29 is 0 Å². The van der Waals surface area contributed by atoms with E-state index in [4.69, 9.17) is 0 Å². The van der Waals surface area contributed by atoms with E-state index >= 15 is 0 Å². The molecule has 2 unspecified atom stereocenters. The molecule has 0 radical (unpaired) electrons. The molecule has 0 aliphatic carbocycles. The molecule has 0 aromatic rings. The lowest BCUT2D eigenvalue weighted by molar-refractivity contribution is 0.196. The van der Waals surface area contributed by atoms with Gasteiger partial charge < -0.3 is 0 Å². The van der Waals surface area contributed by atoms with Crippen molar-refractivity contribution >= 4 is 0 Å². The minimum Gasteiger partial charge on any atom is -0.212 e. The highest BCUT2D eigenvalue weighted by molar-refractivity contribution is 4.75. The molecule has 0 aromatic carbocycles. The Morgan fingerprint density at radius 1 is 1.67 bits per heavy atom. The molecular formula is C5H11N3O. The molecule has 9 heavy (non-hydrogen) atoms. The molecule has 0 spiro atoms. The van der Waals surface area contributed by atoms with Crippen LogP contribution in [0.1, 0.15) is 20.3 Å². The molecule has 0 bridgehead atoms. The van der Waals surface area contributed by atoms with Crippen LogP contribution >= 0.6 is 0 Å². The summed E-state index contributed by atoms with van der Waals surface area (Å²) in [6, 6.07) is 0.634. The van der Waals surface area contributed by atoms with Crippen LogP contribution in [-0.4, -0.2) is 17.2 Å². The highest BCUT2D eigenvalue weighted by atomic mass is 16.3. The number of nitroso groups, excluding NO2 is 1. The molecule has 4 nitrogen and oxygen atoms in total.